The molecule has 0 radical (unpaired) electrons. The van der Waals surface area contributed by atoms with Crippen molar-refractivity contribution in [2.24, 2.45) is 22.7 Å². The van der Waals surface area contributed by atoms with Crippen molar-refractivity contribution in [3.05, 3.63) is 71.5 Å². The summed E-state index contributed by atoms with van der Waals surface area (Å²) >= 11 is 0. The molecule has 68 heavy (non-hydrogen) atoms. The van der Waals surface area contributed by atoms with Crippen molar-refractivity contribution in [3.63, 3.8) is 0 Å². The molecule has 6 bridgehead atoms. The first-order valence-corrected chi connectivity index (χ1v) is 24.5. The van der Waals surface area contributed by atoms with Crippen LogP contribution in [0.1, 0.15) is 104 Å². The minimum Gasteiger partial charge on any atom is -0.464 e. The summed E-state index contributed by atoms with van der Waals surface area (Å²) in [4.78, 5) is 77.5. The molecule has 1 spiro atoms. The van der Waals surface area contributed by atoms with Crippen LogP contribution in [0.5, 0.6) is 5.75 Å². The van der Waals surface area contributed by atoms with Crippen LogP contribution in [0.2, 0.25) is 0 Å². The second kappa shape index (κ2) is 19.8. The van der Waals surface area contributed by atoms with Gasteiger partial charge in [0.05, 0.1) is 35.4 Å². The molecule has 4 aliphatic heterocycles. The van der Waals surface area contributed by atoms with Gasteiger partial charge in [-0.1, -0.05) is 53.7 Å². The predicted molar refractivity (Wildman–Crippen MR) is 259 cm³/mol. The van der Waals surface area contributed by atoms with Gasteiger partial charge in [0, 0.05) is 67.8 Å². The number of hydrazine groups is 1. The highest BCUT2D eigenvalue weighted by molar-refractivity contribution is 5.97. The number of aromatic nitrogens is 2. The molecule has 15 heteroatoms. The molecule has 15 nitrogen and oxygen atoms in total. The summed E-state index contributed by atoms with van der Waals surface area (Å²) < 4.78 is 20.3. The van der Waals surface area contributed by atoms with Gasteiger partial charge in [0.25, 0.3) is 5.91 Å². The van der Waals surface area contributed by atoms with Crippen LogP contribution in [-0.4, -0.2) is 107 Å². The Balaban J connectivity index is 1.28. The number of likely N-dealkylation sites (tertiary alicyclic amines) is 1. The van der Waals surface area contributed by atoms with Gasteiger partial charge < -0.3 is 34.3 Å². The third-order valence-corrected chi connectivity index (χ3v) is 14.4. The van der Waals surface area contributed by atoms with E-state index >= 15 is 0 Å². The molecule has 3 amide bonds. The van der Waals surface area contributed by atoms with Gasteiger partial charge in [0.2, 0.25) is 11.8 Å². The molecule has 3 saturated heterocycles. The lowest BCUT2D eigenvalue weighted by atomic mass is 9.84. The van der Waals surface area contributed by atoms with E-state index in [1.54, 1.807) is 38.1 Å². The smallest absolute Gasteiger partial charge is 0.324 e. The zero-order valence-corrected chi connectivity index (χ0v) is 41.2. The summed E-state index contributed by atoms with van der Waals surface area (Å²) in [6.07, 6.45) is 4.40. The summed E-state index contributed by atoms with van der Waals surface area (Å²) in [7, 11) is 1.68. The number of carbonyl (C=O) groups is 5. The Morgan fingerprint density at radius 3 is 2.50 bits per heavy atom. The normalized spacial score (nSPS) is 23.0. The van der Waals surface area contributed by atoms with Crippen LogP contribution in [0.3, 0.4) is 0 Å². The molecule has 0 unspecified atom stereocenters. The number of carbonyl (C=O) groups excluding carboxylic acids is 5. The molecule has 5 atom stereocenters. The van der Waals surface area contributed by atoms with E-state index in [0.717, 1.165) is 57.5 Å². The van der Waals surface area contributed by atoms with Gasteiger partial charge in [-0.15, -0.1) is 0 Å². The number of esters is 2. The summed E-state index contributed by atoms with van der Waals surface area (Å²) in [5.74, 6) is -2.14. The highest BCUT2D eigenvalue weighted by atomic mass is 16.5. The number of fused-ring (bicyclic) bond motifs is 6. The van der Waals surface area contributed by atoms with E-state index in [4.69, 9.17) is 19.2 Å². The molecule has 3 fully saturated rings. The Morgan fingerprint density at radius 2 is 1.79 bits per heavy atom. The average Bonchev–Trinajstić information content (AvgIpc) is 4.02. The molecule has 6 heterocycles. The SMILES string of the molecule is CCn1c(-c2cccnc2[C@H](C)OC)c2c3cc(ccc31)-c1cc(cc(OC(=O)C(C)C)c1)C[C@H](NC(=O)[C@H](C(C)C)N1CC[C@]3(CCNC3)C1=O)C(=O)N1CCC[C@H](N1)C(=O)OCC(C)(C)C2. The van der Waals surface area contributed by atoms with Gasteiger partial charge in [0.1, 0.15) is 23.9 Å². The second-order valence-corrected chi connectivity index (χ2v) is 20.7. The molecule has 0 saturated carbocycles. The van der Waals surface area contributed by atoms with Crippen LogP contribution in [0.4, 0.5) is 0 Å². The quantitative estimate of drug-likeness (QED) is 0.116. The summed E-state index contributed by atoms with van der Waals surface area (Å²) in [5, 5.41) is 8.87. The van der Waals surface area contributed by atoms with E-state index in [1.165, 1.54) is 5.01 Å². The number of amides is 3. The van der Waals surface area contributed by atoms with Crippen molar-refractivity contribution in [1.29, 1.82) is 0 Å². The third-order valence-electron chi connectivity index (χ3n) is 14.4. The standard InChI is InChI=1S/C53H69N7O8/c1-10-58-43-16-15-35-27-39(43)40(46(58)38-13-11-19-55-44(38)33(6)66-9)28-52(7,8)30-67-50(64)41-14-12-21-60(57-41)48(62)42(25-34-23-36(35)26-37(24-34)68-49(63)32(4)5)56-47(61)45(31(2)3)59-22-18-53(51(59)65)17-20-54-29-53/h11,13,15-16,19,23-24,26-27,31-33,41-42,45,54,57H,10,12,14,17-18,20-22,25,28-30H2,1-9H3,(H,56,61)/t33-,41-,42-,45-,53-/m0/s1. The molecule has 2 aromatic carbocycles. The van der Waals surface area contributed by atoms with Gasteiger partial charge >= 0.3 is 11.9 Å². The molecule has 0 aliphatic carbocycles. The lowest BCUT2D eigenvalue weighted by Gasteiger charge is -2.37. The Bertz CT molecular complexity index is 2580. The topological polar surface area (TPSA) is 173 Å². The number of nitrogens with zero attached hydrogens (tertiary/aromatic N) is 4. The monoisotopic (exact) mass is 932 g/mol. The zero-order valence-electron chi connectivity index (χ0n) is 41.2. The summed E-state index contributed by atoms with van der Waals surface area (Å²) in [5.41, 5.74) is 9.17. The summed E-state index contributed by atoms with van der Waals surface area (Å²) in [6.45, 7) is 18.5. The van der Waals surface area contributed by atoms with E-state index in [-0.39, 0.29) is 31.0 Å². The number of nitrogens with one attached hydrogen (secondary N) is 3. The minimum atomic E-state index is -1.13. The maximum Gasteiger partial charge on any atom is 0.324 e. The van der Waals surface area contributed by atoms with Crippen molar-refractivity contribution in [1.82, 2.24) is 35.5 Å². The number of aryl methyl sites for hydroxylation is 1. The lowest BCUT2D eigenvalue weighted by Crippen LogP contribution is -2.62. The number of cyclic esters (lactones) is 1. The highest BCUT2D eigenvalue weighted by Gasteiger charge is 2.52. The van der Waals surface area contributed by atoms with Gasteiger partial charge in [-0.25, -0.2) is 5.43 Å². The second-order valence-electron chi connectivity index (χ2n) is 20.7. The molecule has 4 aliphatic rings. The van der Waals surface area contributed by atoms with E-state index in [2.05, 4.69) is 65.7 Å². The first-order valence-electron chi connectivity index (χ1n) is 24.5. The molecule has 8 rings (SSSR count). The number of rotatable bonds is 10. The minimum absolute atomic E-state index is 0.0179. The Kier molecular flexibility index (Phi) is 14.2. The number of ether oxygens (including phenoxy) is 3. The molecule has 364 valence electrons. The number of hydrogen-bond acceptors (Lipinski definition) is 11. The maximum atomic E-state index is 14.9. The lowest BCUT2D eigenvalue weighted by molar-refractivity contribution is -0.155. The first kappa shape index (κ1) is 48.8. The van der Waals surface area contributed by atoms with E-state index in [9.17, 15) is 24.0 Å². The molecule has 4 aromatic rings. The van der Waals surface area contributed by atoms with Gasteiger partial charge in [0.15, 0.2) is 0 Å². The number of benzene rings is 2. The fourth-order valence-electron chi connectivity index (χ4n) is 10.7. The largest absolute Gasteiger partial charge is 0.464 e. The summed E-state index contributed by atoms with van der Waals surface area (Å²) in [6, 6.07) is 13.2. The van der Waals surface area contributed by atoms with Gasteiger partial charge in [-0.3, -0.25) is 34.0 Å². The Morgan fingerprint density at radius 1 is 1.00 bits per heavy atom. The molecule has 3 N–H and O–H groups in total. The van der Waals surface area contributed by atoms with Crippen LogP contribution in [0, 0.1) is 22.7 Å². The van der Waals surface area contributed by atoms with Crippen molar-refractivity contribution in [2.75, 3.05) is 39.9 Å². The van der Waals surface area contributed by atoms with Crippen molar-refractivity contribution >= 4 is 40.6 Å². The predicted octanol–water partition coefficient (Wildman–Crippen LogP) is 6.54. The van der Waals surface area contributed by atoms with E-state index in [0.29, 0.717) is 63.2 Å². The van der Waals surface area contributed by atoms with Gasteiger partial charge in [-0.2, -0.15) is 0 Å². The van der Waals surface area contributed by atoms with E-state index in [1.807, 2.05) is 39.0 Å². The Labute approximate surface area is 400 Å². The number of hydrogen-bond donors (Lipinski definition) is 3. The first-order chi connectivity index (χ1) is 32.4. The van der Waals surface area contributed by atoms with Gasteiger partial charge in [-0.05, 0) is 117 Å². The van der Waals surface area contributed by atoms with E-state index < -0.39 is 58.6 Å². The van der Waals surface area contributed by atoms with Crippen molar-refractivity contribution < 1.29 is 38.2 Å². The number of pyridine rings is 1. The maximum absolute atomic E-state index is 14.9. The fourth-order valence-corrected chi connectivity index (χ4v) is 10.7. The molecule has 2 aromatic heterocycles. The molecular weight excluding hydrogens is 863 g/mol. The van der Waals surface area contributed by atoms with Crippen molar-refractivity contribution in [3.8, 4) is 28.1 Å². The average molecular weight is 932 g/mol. The number of methoxy groups -OCH3 is 1. The highest BCUT2D eigenvalue weighted by Crippen LogP contribution is 2.43. The fraction of sp³-hybridized carbons (Fsp3) is 0.547. The molecular formula is C53H69N7O8. The van der Waals surface area contributed by atoms with Crippen LogP contribution >= 0.6 is 0 Å². The zero-order chi connectivity index (χ0) is 48.7. The third kappa shape index (κ3) is 9.66. The van der Waals surface area contributed by atoms with Crippen LogP contribution in [0.15, 0.2) is 54.7 Å². The van der Waals surface area contributed by atoms with Crippen molar-refractivity contribution in [2.45, 2.75) is 125 Å². The Hall–Kier alpha value is -5.64. The van der Waals surface area contributed by atoms with Crippen LogP contribution in [0.25, 0.3) is 33.3 Å². The van der Waals surface area contributed by atoms with Crippen LogP contribution < -0.4 is 20.8 Å². The van der Waals surface area contributed by atoms with Crippen LogP contribution in [-0.2, 0) is 52.8 Å².